The lowest BCUT2D eigenvalue weighted by Crippen LogP contribution is -2.51. The van der Waals surface area contributed by atoms with Crippen LogP contribution in [0.4, 0.5) is 0 Å². The van der Waals surface area contributed by atoms with Gasteiger partial charge in [0.2, 0.25) is 5.91 Å². The molecule has 2 rings (SSSR count). The Balaban J connectivity index is 1.92. The smallest absolute Gasteiger partial charge is 0.226 e. The molecule has 1 aliphatic rings. The number of hydrogen-bond acceptors (Lipinski definition) is 3. The van der Waals surface area contributed by atoms with Crippen molar-refractivity contribution in [1.82, 2.24) is 5.32 Å². The molecule has 1 heterocycles. The van der Waals surface area contributed by atoms with Gasteiger partial charge in [0.25, 0.3) is 0 Å². The predicted molar refractivity (Wildman–Crippen MR) is 79.6 cm³/mol. The Labute approximate surface area is 120 Å². The van der Waals surface area contributed by atoms with Crippen LogP contribution in [0.2, 0.25) is 0 Å². The van der Waals surface area contributed by atoms with E-state index >= 15 is 0 Å². The molecule has 0 aliphatic carbocycles. The SMILES string of the molecule is CCC(N)(CC)CNC(=O)C1COc2ccccc2C1. The number of amides is 1. The number of ether oxygens (including phenoxy) is 1. The first kappa shape index (κ1) is 14.9. The number of para-hydroxylation sites is 1. The molecule has 0 saturated heterocycles. The van der Waals surface area contributed by atoms with Crippen molar-refractivity contribution >= 4 is 5.91 Å². The van der Waals surface area contributed by atoms with Crippen LogP contribution < -0.4 is 15.8 Å². The topological polar surface area (TPSA) is 64.3 Å². The lowest BCUT2D eigenvalue weighted by molar-refractivity contribution is -0.126. The molecule has 0 fully saturated rings. The molecule has 4 heteroatoms. The molecule has 0 aromatic heterocycles. The van der Waals surface area contributed by atoms with E-state index in [1.54, 1.807) is 0 Å². The van der Waals surface area contributed by atoms with Gasteiger partial charge in [-0.25, -0.2) is 0 Å². The van der Waals surface area contributed by atoms with Crippen molar-refractivity contribution in [3.05, 3.63) is 29.8 Å². The molecule has 1 atom stereocenters. The minimum atomic E-state index is -0.302. The lowest BCUT2D eigenvalue weighted by atomic mass is 9.92. The van der Waals surface area contributed by atoms with Crippen molar-refractivity contribution in [2.45, 2.75) is 38.6 Å². The molecule has 1 unspecified atom stereocenters. The van der Waals surface area contributed by atoms with Crippen LogP contribution in [0.1, 0.15) is 32.3 Å². The summed E-state index contributed by atoms with van der Waals surface area (Å²) in [4.78, 5) is 12.2. The Morgan fingerprint density at radius 2 is 2.10 bits per heavy atom. The van der Waals surface area contributed by atoms with Gasteiger partial charge in [0.1, 0.15) is 12.4 Å². The van der Waals surface area contributed by atoms with E-state index in [2.05, 4.69) is 19.2 Å². The summed E-state index contributed by atoms with van der Waals surface area (Å²) in [6, 6.07) is 7.88. The molecule has 1 aromatic rings. The number of benzene rings is 1. The van der Waals surface area contributed by atoms with Crippen molar-refractivity contribution < 1.29 is 9.53 Å². The van der Waals surface area contributed by atoms with E-state index in [0.29, 0.717) is 13.2 Å². The van der Waals surface area contributed by atoms with Crippen LogP contribution in [-0.2, 0) is 11.2 Å². The van der Waals surface area contributed by atoms with Crippen molar-refractivity contribution in [2.75, 3.05) is 13.2 Å². The van der Waals surface area contributed by atoms with Crippen molar-refractivity contribution in [2.24, 2.45) is 11.7 Å². The molecule has 0 radical (unpaired) electrons. The van der Waals surface area contributed by atoms with Gasteiger partial charge in [-0.05, 0) is 30.9 Å². The number of nitrogens with two attached hydrogens (primary N) is 1. The average molecular weight is 276 g/mol. The van der Waals surface area contributed by atoms with E-state index in [-0.39, 0.29) is 17.4 Å². The molecule has 1 amide bonds. The number of rotatable bonds is 5. The fourth-order valence-corrected chi connectivity index (χ4v) is 2.40. The summed E-state index contributed by atoms with van der Waals surface area (Å²) >= 11 is 0. The summed E-state index contributed by atoms with van der Waals surface area (Å²) in [6.45, 7) is 5.07. The zero-order chi connectivity index (χ0) is 14.6. The second kappa shape index (κ2) is 6.27. The highest BCUT2D eigenvalue weighted by Gasteiger charge is 2.28. The average Bonchev–Trinajstić information content (AvgIpc) is 2.51. The van der Waals surface area contributed by atoms with Gasteiger partial charge in [-0.3, -0.25) is 4.79 Å². The molecule has 0 spiro atoms. The quantitative estimate of drug-likeness (QED) is 0.863. The minimum Gasteiger partial charge on any atom is -0.492 e. The van der Waals surface area contributed by atoms with Gasteiger partial charge in [-0.1, -0.05) is 32.0 Å². The third-order valence-electron chi connectivity index (χ3n) is 4.27. The number of carbonyl (C=O) groups excluding carboxylic acids is 1. The zero-order valence-corrected chi connectivity index (χ0v) is 12.3. The van der Waals surface area contributed by atoms with Crippen LogP contribution in [0.5, 0.6) is 5.75 Å². The molecular formula is C16H24N2O2. The summed E-state index contributed by atoms with van der Waals surface area (Å²) in [6.07, 6.45) is 2.44. The van der Waals surface area contributed by atoms with Crippen LogP contribution in [0.3, 0.4) is 0 Å². The van der Waals surface area contributed by atoms with E-state index < -0.39 is 0 Å². The molecule has 1 aromatic carbocycles. The summed E-state index contributed by atoms with van der Waals surface area (Å²) in [7, 11) is 0. The maximum Gasteiger partial charge on any atom is 0.226 e. The summed E-state index contributed by atoms with van der Waals surface area (Å²) in [5.74, 6) is 0.811. The van der Waals surface area contributed by atoms with Gasteiger partial charge in [-0.2, -0.15) is 0 Å². The van der Waals surface area contributed by atoms with E-state index in [0.717, 1.165) is 30.6 Å². The van der Waals surface area contributed by atoms with Crippen LogP contribution in [0, 0.1) is 5.92 Å². The Morgan fingerprint density at radius 3 is 2.80 bits per heavy atom. The molecule has 1 aliphatic heterocycles. The Bertz CT molecular complexity index is 469. The maximum absolute atomic E-state index is 12.2. The molecule has 3 N–H and O–H groups in total. The molecule has 0 saturated carbocycles. The van der Waals surface area contributed by atoms with Gasteiger partial charge in [0.05, 0.1) is 5.92 Å². The zero-order valence-electron chi connectivity index (χ0n) is 12.3. The standard InChI is InChI=1S/C16H24N2O2/c1-3-16(17,4-2)11-18-15(19)13-9-12-7-5-6-8-14(12)20-10-13/h5-8,13H,3-4,9-11,17H2,1-2H3,(H,18,19). The third kappa shape index (κ3) is 3.31. The highest BCUT2D eigenvalue weighted by molar-refractivity contribution is 5.79. The van der Waals surface area contributed by atoms with Crippen LogP contribution in [0.15, 0.2) is 24.3 Å². The Hall–Kier alpha value is -1.55. The molecular weight excluding hydrogens is 252 g/mol. The highest BCUT2D eigenvalue weighted by atomic mass is 16.5. The molecule has 0 bridgehead atoms. The number of fused-ring (bicyclic) bond motifs is 1. The number of carbonyl (C=O) groups is 1. The Morgan fingerprint density at radius 1 is 1.40 bits per heavy atom. The fraction of sp³-hybridized carbons (Fsp3) is 0.562. The Kier molecular flexibility index (Phi) is 4.65. The van der Waals surface area contributed by atoms with E-state index in [1.165, 1.54) is 0 Å². The summed E-state index contributed by atoms with van der Waals surface area (Å²) in [5.41, 5.74) is 7.00. The van der Waals surface area contributed by atoms with Gasteiger partial charge in [0.15, 0.2) is 0 Å². The first-order valence-electron chi connectivity index (χ1n) is 7.35. The monoisotopic (exact) mass is 276 g/mol. The molecule has 4 nitrogen and oxygen atoms in total. The molecule has 20 heavy (non-hydrogen) atoms. The number of hydrogen-bond donors (Lipinski definition) is 2. The van der Waals surface area contributed by atoms with Crippen molar-refractivity contribution in [3.63, 3.8) is 0 Å². The minimum absolute atomic E-state index is 0.0382. The third-order valence-corrected chi connectivity index (χ3v) is 4.27. The van der Waals surface area contributed by atoms with Crippen molar-refractivity contribution in [3.8, 4) is 5.75 Å². The summed E-state index contributed by atoms with van der Waals surface area (Å²) < 4.78 is 5.65. The lowest BCUT2D eigenvalue weighted by Gasteiger charge is -2.29. The summed E-state index contributed by atoms with van der Waals surface area (Å²) in [5, 5.41) is 2.98. The van der Waals surface area contributed by atoms with E-state index in [9.17, 15) is 4.79 Å². The first-order chi connectivity index (χ1) is 9.58. The number of nitrogens with one attached hydrogen (secondary N) is 1. The molecule has 110 valence electrons. The van der Waals surface area contributed by atoms with Crippen LogP contribution >= 0.6 is 0 Å². The van der Waals surface area contributed by atoms with Crippen LogP contribution in [0.25, 0.3) is 0 Å². The fourth-order valence-electron chi connectivity index (χ4n) is 2.40. The van der Waals surface area contributed by atoms with Gasteiger partial charge in [0, 0.05) is 12.1 Å². The van der Waals surface area contributed by atoms with E-state index in [4.69, 9.17) is 10.5 Å². The van der Waals surface area contributed by atoms with E-state index in [1.807, 2.05) is 24.3 Å². The maximum atomic E-state index is 12.2. The largest absolute Gasteiger partial charge is 0.492 e. The second-order valence-corrected chi connectivity index (χ2v) is 5.61. The van der Waals surface area contributed by atoms with Gasteiger partial charge >= 0.3 is 0 Å². The van der Waals surface area contributed by atoms with Gasteiger partial charge in [-0.15, -0.1) is 0 Å². The second-order valence-electron chi connectivity index (χ2n) is 5.61. The van der Waals surface area contributed by atoms with Crippen molar-refractivity contribution in [1.29, 1.82) is 0 Å². The first-order valence-corrected chi connectivity index (χ1v) is 7.35. The highest BCUT2D eigenvalue weighted by Crippen LogP contribution is 2.26. The normalized spacial score (nSPS) is 18.1. The predicted octanol–water partition coefficient (Wildman–Crippen LogP) is 1.87. The van der Waals surface area contributed by atoms with Gasteiger partial charge < -0.3 is 15.8 Å². The van der Waals surface area contributed by atoms with Crippen LogP contribution in [-0.4, -0.2) is 24.6 Å².